The summed E-state index contributed by atoms with van der Waals surface area (Å²) in [6, 6.07) is 7.53. The van der Waals surface area contributed by atoms with Crippen molar-refractivity contribution in [3.05, 3.63) is 28.2 Å². The molecule has 1 atom stereocenters. The zero-order valence-corrected chi connectivity index (χ0v) is 12.8. The number of ketones is 1. The molecule has 1 aromatic rings. The van der Waals surface area contributed by atoms with E-state index >= 15 is 0 Å². The molecule has 20 heavy (non-hydrogen) atoms. The van der Waals surface area contributed by atoms with Crippen LogP contribution in [0.5, 0.6) is 0 Å². The monoisotopic (exact) mass is 334 g/mol. The second-order valence-electron chi connectivity index (χ2n) is 4.92. The highest BCUT2D eigenvalue weighted by Crippen LogP contribution is 2.28. The molecule has 0 unspecified atom stereocenters. The minimum atomic E-state index is -0.660. The van der Waals surface area contributed by atoms with Gasteiger partial charge in [0.1, 0.15) is 0 Å². The fourth-order valence-corrected chi connectivity index (χ4v) is 2.67. The number of aryl methyl sites for hydroxylation is 1. The first kappa shape index (κ1) is 14.7. The number of nitrogens with zero attached hydrogens (tertiary/aromatic N) is 2. The molecule has 104 valence electrons. The molecule has 5 heteroatoms. The number of halogens is 1. The highest BCUT2D eigenvalue weighted by Gasteiger charge is 2.34. The third kappa shape index (κ3) is 2.91. The molecule has 0 aliphatic carbocycles. The number of Topliss-reactive ketones (excluding diaryl/α,β-unsaturated/α-hetero) is 1. The lowest BCUT2D eigenvalue weighted by molar-refractivity contribution is -0.133. The summed E-state index contributed by atoms with van der Waals surface area (Å²) in [4.78, 5) is 25.9. The van der Waals surface area contributed by atoms with Crippen LogP contribution >= 0.6 is 15.9 Å². The molecule has 1 saturated heterocycles. The maximum atomic E-state index is 12.4. The Morgan fingerprint density at radius 2 is 2.30 bits per heavy atom. The molecule has 1 heterocycles. The van der Waals surface area contributed by atoms with E-state index in [2.05, 4.69) is 15.9 Å². The van der Waals surface area contributed by atoms with E-state index in [4.69, 9.17) is 5.26 Å². The molecule has 4 nitrogen and oxygen atoms in total. The van der Waals surface area contributed by atoms with E-state index in [0.29, 0.717) is 13.0 Å². The maximum Gasteiger partial charge on any atom is 0.237 e. The Morgan fingerprint density at radius 3 is 2.95 bits per heavy atom. The van der Waals surface area contributed by atoms with Crippen molar-refractivity contribution >= 4 is 33.3 Å². The minimum absolute atomic E-state index is 0.182. The Bertz CT molecular complexity index is 592. The number of hydrogen-bond donors (Lipinski definition) is 0. The molecular weight excluding hydrogens is 320 g/mol. The molecular formula is C15H15BrN2O2. The van der Waals surface area contributed by atoms with Gasteiger partial charge in [-0.1, -0.05) is 15.9 Å². The Labute approximate surface area is 126 Å². The number of carbonyl (C=O) groups is 2. The Morgan fingerprint density at radius 1 is 1.55 bits per heavy atom. The average Bonchev–Trinajstić information content (AvgIpc) is 2.42. The summed E-state index contributed by atoms with van der Waals surface area (Å²) in [5, 5.41) is 8.60. The van der Waals surface area contributed by atoms with E-state index in [1.54, 1.807) is 4.90 Å². The van der Waals surface area contributed by atoms with E-state index < -0.39 is 5.92 Å². The summed E-state index contributed by atoms with van der Waals surface area (Å²) < 4.78 is 0.989. The van der Waals surface area contributed by atoms with Gasteiger partial charge in [-0.15, -0.1) is 0 Å². The highest BCUT2D eigenvalue weighted by atomic mass is 79.9. The second-order valence-corrected chi connectivity index (χ2v) is 5.77. The summed E-state index contributed by atoms with van der Waals surface area (Å²) in [6.07, 6.45) is 1.14. The molecule has 1 aliphatic rings. The van der Waals surface area contributed by atoms with Crippen molar-refractivity contribution in [1.29, 1.82) is 5.26 Å². The first-order valence-corrected chi connectivity index (χ1v) is 7.31. The largest absolute Gasteiger partial charge is 0.312 e. The molecule has 0 N–H and O–H groups in total. The normalized spacial score (nSPS) is 18.8. The van der Waals surface area contributed by atoms with Gasteiger partial charge in [0.2, 0.25) is 5.91 Å². The van der Waals surface area contributed by atoms with Gasteiger partial charge in [0.15, 0.2) is 5.78 Å². The summed E-state index contributed by atoms with van der Waals surface area (Å²) >= 11 is 3.43. The molecule has 1 aliphatic heterocycles. The molecule has 1 fully saturated rings. The van der Waals surface area contributed by atoms with Gasteiger partial charge in [0.05, 0.1) is 18.4 Å². The lowest BCUT2D eigenvalue weighted by atomic mass is 9.91. The van der Waals surface area contributed by atoms with Crippen LogP contribution < -0.4 is 4.90 Å². The van der Waals surface area contributed by atoms with Crippen LogP contribution in [0.3, 0.4) is 0 Å². The van der Waals surface area contributed by atoms with Crippen LogP contribution in [0, 0.1) is 24.2 Å². The van der Waals surface area contributed by atoms with Crippen molar-refractivity contribution in [1.82, 2.24) is 0 Å². The number of piperidine rings is 1. The highest BCUT2D eigenvalue weighted by molar-refractivity contribution is 9.10. The number of anilines is 1. The van der Waals surface area contributed by atoms with Gasteiger partial charge in [-0.25, -0.2) is 0 Å². The third-order valence-corrected chi connectivity index (χ3v) is 4.42. The van der Waals surface area contributed by atoms with Crippen LogP contribution in [0.25, 0.3) is 0 Å². The van der Waals surface area contributed by atoms with Crippen LogP contribution in [0.1, 0.15) is 24.8 Å². The van der Waals surface area contributed by atoms with Crippen LogP contribution in [-0.4, -0.2) is 18.2 Å². The molecule has 2 rings (SSSR count). The van der Waals surface area contributed by atoms with Gasteiger partial charge in [0.25, 0.3) is 0 Å². The Balaban J connectivity index is 2.24. The maximum absolute atomic E-state index is 12.4. The number of hydrogen-bond acceptors (Lipinski definition) is 3. The number of nitriles is 1. The molecule has 0 bridgehead atoms. The third-order valence-electron chi connectivity index (χ3n) is 3.53. The summed E-state index contributed by atoms with van der Waals surface area (Å²) in [5.74, 6) is -1.11. The quantitative estimate of drug-likeness (QED) is 0.798. The lowest BCUT2D eigenvalue weighted by Crippen LogP contribution is -2.44. The van der Waals surface area contributed by atoms with Crippen molar-refractivity contribution in [2.75, 3.05) is 11.4 Å². The van der Waals surface area contributed by atoms with Crippen molar-refractivity contribution in [2.45, 2.75) is 26.2 Å². The summed E-state index contributed by atoms with van der Waals surface area (Å²) in [6.45, 7) is 2.58. The molecule has 0 spiro atoms. The number of amides is 1. The molecule has 1 aromatic carbocycles. The minimum Gasteiger partial charge on any atom is -0.312 e. The Hall–Kier alpha value is -1.67. The van der Waals surface area contributed by atoms with Gasteiger partial charge < -0.3 is 4.90 Å². The summed E-state index contributed by atoms with van der Waals surface area (Å²) in [7, 11) is 0. The van der Waals surface area contributed by atoms with E-state index in [1.165, 1.54) is 0 Å². The van der Waals surface area contributed by atoms with E-state index in [9.17, 15) is 9.59 Å². The Kier molecular flexibility index (Phi) is 4.56. The second kappa shape index (κ2) is 6.19. The van der Waals surface area contributed by atoms with Crippen LogP contribution in [0.4, 0.5) is 5.69 Å². The fraction of sp³-hybridized carbons (Fsp3) is 0.400. The molecule has 1 amide bonds. The van der Waals surface area contributed by atoms with E-state index in [-0.39, 0.29) is 18.1 Å². The summed E-state index contributed by atoms with van der Waals surface area (Å²) in [5.41, 5.74) is 1.85. The van der Waals surface area contributed by atoms with Crippen molar-refractivity contribution < 1.29 is 9.59 Å². The van der Waals surface area contributed by atoms with E-state index in [1.807, 2.05) is 31.2 Å². The molecule has 0 radical (unpaired) electrons. The number of carbonyl (C=O) groups excluding carboxylic acids is 2. The topological polar surface area (TPSA) is 61.2 Å². The first-order chi connectivity index (χ1) is 9.54. The van der Waals surface area contributed by atoms with Gasteiger partial charge in [-0.05, 0) is 43.5 Å². The van der Waals surface area contributed by atoms with Crippen molar-refractivity contribution in [2.24, 2.45) is 5.92 Å². The first-order valence-electron chi connectivity index (χ1n) is 6.52. The standard InChI is InChI=1S/C15H15BrN2O2/c1-10-9-11(4-5-13(10)16)18-8-2-3-12(15(18)20)14(19)6-7-17/h4-5,9,12H,2-3,6,8H2,1H3/t12-/m0/s1. The van der Waals surface area contributed by atoms with Gasteiger partial charge in [-0.2, -0.15) is 5.26 Å². The van der Waals surface area contributed by atoms with Crippen molar-refractivity contribution in [3.63, 3.8) is 0 Å². The number of rotatable bonds is 3. The van der Waals surface area contributed by atoms with Crippen LogP contribution in [-0.2, 0) is 9.59 Å². The molecule has 0 saturated carbocycles. The van der Waals surface area contributed by atoms with Gasteiger partial charge in [-0.3, -0.25) is 9.59 Å². The zero-order valence-electron chi connectivity index (χ0n) is 11.2. The van der Waals surface area contributed by atoms with Gasteiger partial charge >= 0.3 is 0 Å². The predicted molar refractivity (Wildman–Crippen MR) is 79.2 cm³/mol. The average molecular weight is 335 g/mol. The predicted octanol–water partition coefficient (Wildman–Crippen LogP) is 2.98. The fourth-order valence-electron chi connectivity index (χ4n) is 2.43. The zero-order chi connectivity index (χ0) is 14.7. The van der Waals surface area contributed by atoms with Crippen molar-refractivity contribution in [3.8, 4) is 6.07 Å². The lowest BCUT2D eigenvalue weighted by Gasteiger charge is -2.31. The SMILES string of the molecule is Cc1cc(N2CCC[C@@H](C(=O)CC#N)C2=O)ccc1Br. The van der Waals surface area contributed by atoms with E-state index in [0.717, 1.165) is 22.1 Å². The molecule has 0 aromatic heterocycles. The number of benzene rings is 1. The van der Waals surface area contributed by atoms with Gasteiger partial charge in [0, 0.05) is 16.7 Å². The van der Waals surface area contributed by atoms with Crippen LogP contribution in [0.15, 0.2) is 22.7 Å². The van der Waals surface area contributed by atoms with Crippen LogP contribution in [0.2, 0.25) is 0 Å². The smallest absolute Gasteiger partial charge is 0.237 e.